The minimum Gasteiger partial charge on any atom is -0.469 e. The van der Waals surface area contributed by atoms with Crippen LogP contribution in [-0.4, -0.2) is 71.2 Å². The number of hydrogen-bond donors (Lipinski definition) is 3. The second-order valence-corrected chi connectivity index (χ2v) is 5.86. The first-order valence-corrected chi connectivity index (χ1v) is 8.02. The van der Waals surface area contributed by atoms with Gasteiger partial charge in [-0.05, 0) is 6.42 Å². The molecule has 0 aliphatic carbocycles. The molecular formula is C16H22N2O8. The largest absolute Gasteiger partial charge is 0.469 e. The van der Waals surface area contributed by atoms with Crippen LogP contribution in [0, 0.1) is 0 Å². The summed E-state index contributed by atoms with van der Waals surface area (Å²) in [5, 5.41) is 20.3. The van der Waals surface area contributed by atoms with Crippen LogP contribution in [0.15, 0.2) is 24.0 Å². The van der Waals surface area contributed by atoms with Crippen molar-refractivity contribution in [1.29, 1.82) is 0 Å². The predicted octanol–water partition coefficient (Wildman–Crippen LogP) is -1.48. The Balaban J connectivity index is 1.90. The van der Waals surface area contributed by atoms with E-state index in [1.807, 2.05) is 0 Å². The smallest absolute Gasteiger partial charge is 0.306 e. The van der Waals surface area contributed by atoms with Gasteiger partial charge in [-0.1, -0.05) is 6.08 Å². The first kappa shape index (κ1) is 19.9. The molecule has 0 saturated carbocycles. The van der Waals surface area contributed by atoms with Gasteiger partial charge in [-0.25, -0.2) is 0 Å². The summed E-state index contributed by atoms with van der Waals surface area (Å²) in [7, 11) is 1.21. The molecule has 4 N–H and O–H groups in total. The number of amides is 1. The molecule has 0 unspecified atom stereocenters. The van der Waals surface area contributed by atoms with Gasteiger partial charge in [0.25, 0.3) is 0 Å². The molecule has 0 radical (unpaired) electrons. The molecule has 0 aromatic carbocycles. The van der Waals surface area contributed by atoms with Crippen LogP contribution in [0.25, 0.3) is 0 Å². The summed E-state index contributed by atoms with van der Waals surface area (Å²) in [5.74, 6) is -1.79. The molecule has 1 fully saturated rings. The van der Waals surface area contributed by atoms with Gasteiger partial charge >= 0.3 is 11.9 Å². The van der Waals surface area contributed by atoms with Gasteiger partial charge in [0.2, 0.25) is 5.91 Å². The number of allylic oxidation sites excluding steroid dienone is 1. The maximum atomic E-state index is 11.6. The second kappa shape index (κ2) is 8.79. The predicted molar refractivity (Wildman–Crippen MR) is 85.8 cm³/mol. The molecule has 2 rings (SSSR count). The third-order valence-corrected chi connectivity index (χ3v) is 4.04. The van der Waals surface area contributed by atoms with E-state index in [-0.39, 0.29) is 19.4 Å². The van der Waals surface area contributed by atoms with E-state index in [2.05, 4.69) is 4.74 Å². The standard InChI is InChI=1S/C16H22N2O8/c1-24-11(19)4-5-12(20)25-8-10-13(21)14(22)16(26-10)18-6-2-3-9(7-18)15(17)23/h2,6-7,10,13-14,16,21-22H,3-5,8H2,1H3,(H2,17,23)/t10-,13-,14-,16-/m1/s1. The highest BCUT2D eigenvalue weighted by Crippen LogP contribution is 2.27. The highest BCUT2D eigenvalue weighted by atomic mass is 16.6. The monoisotopic (exact) mass is 370 g/mol. The van der Waals surface area contributed by atoms with Crippen LogP contribution >= 0.6 is 0 Å². The van der Waals surface area contributed by atoms with Gasteiger partial charge < -0.3 is 35.1 Å². The Morgan fingerprint density at radius 1 is 1.27 bits per heavy atom. The molecular weight excluding hydrogens is 348 g/mol. The van der Waals surface area contributed by atoms with E-state index in [4.69, 9.17) is 15.2 Å². The van der Waals surface area contributed by atoms with Gasteiger partial charge in [-0.15, -0.1) is 0 Å². The van der Waals surface area contributed by atoms with Gasteiger partial charge in [-0.2, -0.15) is 0 Å². The van der Waals surface area contributed by atoms with Crippen molar-refractivity contribution in [2.75, 3.05) is 13.7 Å². The number of aliphatic hydroxyl groups excluding tert-OH is 2. The Morgan fingerprint density at radius 3 is 2.62 bits per heavy atom. The number of nitrogens with two attached hydrogens (primary N) is 1. The number of primary amides is 1. The number of methoxy groups -OCH3 is 1. The first-order valence-electron chi connectivity index (χ1n) is 8.02. The molecule has 0 aromatic heterocycles. The summed E-state index contributed by atoms with van der Waals surface area (Å²) in [6.45, 7) is -0.293. The minimum atomic E-state index is -1.30. The van der Waals surface area contributed by atoms with Gasteiger partial charge in [-0.3, -0.25) is 14.4 Å². The molecule has 2 aliphatic rings. The molecule has 2 heterocycles. The maximum Gasteiger partial charge on any atom is 0.306 e. The Kier molecular flexibility index (Phi) is 6.72. The van der Waals surface area contributed by atoms with Crippen molar-refractivity contribution in [3.8, 4) is 0 Å². The Bertz CT molecular complexity index is 617. The summed E-state index contributed by atoms with van der Waals surface area (Å²) >= 11 is 0. The SMILES string of the molecule is COC(=O)CCC(=O)OC[C@H]1O[C@@H](N2C=CCC(C(N)=O)=C2)[C@H](O)[C@@H]1O. The van der Waals surface area contributed by atoms with Crippen LogP contribution in [0.5, 0.6) is 0 Å². The van der Waals surface area contributed by atoms with Crippen molar-refractivity contribution in [2.45, 2.75) is 43.8 Å². The normalized spacial score (nSPS) is 27.8. The zero-order valence-electron chi connectivity index (χ0n) is 14.2. The quantitative estimate of drug-likeness (QED) is 0.456. The second-order valence-electron chi connectivity index (χ2n) is 5.86. The Morgan fingerprint density at radius 2 is 1.96 bits per heavy atom. The molecule has 0 bridgehead atoms. The fourth-order valence-electron chi connectivity index (χ4n) is 2.57. The number of rotatable bonds is 7. The van der Waals surface area contributed by atoms with Gasteiger partial charge in [0.15, 0.2) is 6.23 Å². The highest BCUT2D eigenvalue weighted by molar-refractivity contribution is 5.92. The van der Waals surface area contributed by atoms with E-state index in [0.29, 0.717) is 12.0 Å². The summed E-state index contributed by atoms with van der Waals surface area (Å²) in [5.41, 5.74) is 5.58. The third-order valence-electron chi connectivity index (χ3n) is 4.04. The minimum absolute atomic E-state index is 0.117. The van der Waals surface area contributed by atoms with Gasteiger partial charge in [0.05, 0.1) is 20.0 Å². The van der Waals surface area contributed by atoms with Crippen molar-refractivity contribution in [2.24, 2.45) is 5.73 Å². The number of carbonyl (C=O) groups excluding carboxylic acids is 3. The number of hydrogen-bond acceptors (Lipinski definition) is 9. The lowest BCUT2D eigenvalue weighted by atomic mass is 10.1. The van der Waals surface area contributed by atoms with E-state index >= 15 is 0 Å². The van der Waals surface area contributed by atoms with E-state index in [9.17, 15) is 24.6 Å². The lowest BCUT2D eigenvalue weighted by molar-refractivity contribution is -0.153. The van der Waals surface area contributed by atoms with E-state index < -0.39 is 42.4 Å². The lowest BCUT2D eigenvalue weighted by Crippen LogP contribution is -2.40. The first-order chi connectivity index (χ1) is 12.3. The van der Waals surface area contributed by atoms with Crippen LogP contribution < -0.4 is 5.73 Å². The van der Waals surface area contributed by atoms with Gasteiger partial charge in [0, 0.05) is 18.0 Å². The summed E-state index contributed by atoms with van der Waals surface area (Å²) in [6.07, 6.45) is 0.269. The average molecular weight is 370 g/mol. The van der Waals surface area contributed by atoms with Crippen LogP contribution in [-0.2, 0) is 28.6 Å². The molecule has 10 nitrogen and oxygen atoms in total. The van der Waals surface area contributed by atoms with Crippen molar-refractivity contribution >= 4 is 17.8 Å². The van der Waals surface area contributed by atoms with Crippen LogP contribution in [0.1, 0.15) is 19.3 Å². The van der Waals surface area contributed by atoms with Gasteiger partial charge in [0.1, 0.15) is 24.9 Å². The number of carbonyl (C=O) groups is 3. The number of aliphatic hydroxyl groups is 2. The van der Waals surface area contributed by atoms with Crippen molar-refractivity contribution in [3.05, 3.63) is 24.0 Å². The third kappa shape index (κ3) is 4.81. The lowest BCUT2D eigenvalue weighted by Gasteiger charge is -2.28. The number of nitrogens with zero attached hydrogens (tertiary/aromatic N) is 1. The molecule has 1 saturated heterocycles. The molecule has 144 valence electrons. The number of ether oxygens (including phenoxy) is 3. The summed E-state index contributed by atoms with van der Waals surface area (Å²) < 4.78 is 14.9. The fraction of sp³-hybridized carbons (Fsp3) is 0.562. The maximum absolute atomic E-state index is 11.6. The zero-order valence-corrected chi connectivity index (χ0v) is 14.2. The van der Waals surface area contributed by atoms with Crippen LogP contribution in [0.2, 0.25) is 0 Å². The van der Waals surface area contributed by atoms with E-state index in [1.165, 1.54) is 18.2 Å². The van der Waals surface area contributed by atoms with Crippen molar-refractivity contribution in [3.63, 3.8) is 0 Å². The van der Waals surface area contributed by atoms with E-state index in [1.54, 1.807) is 12.3 Å². The summed E-state index contributed by atoms with van der Waals surface area (Å²) in [4.78, 5) is 35.3. The molecule has 26 heavy (non-hydrogen) atoms. The van der Waals surface area contributed by atoms with Crippen LogP contribution in [0.4, 0.5) is 0 Å². The molecule has 4 atom stereocenters. The fourth-order valence-corrected chi connectivity index (χ4v) is 2.57. The summed E-state index contributed by atoms with van der Waals surface area (Å²) in [6, 6.07) is 0. The molecule has 10 heteroatoms. The number of esters is 2. The van der Waals surface area contributed by atoms with Crippen molar-refractivity contribution in [1.82, 2.24) is 4.90 Å². The van der Waals surface area contributed by atoms with Crippen LogP contribution in [0.3, 0.4) is 0 Å². The van der Waals surface area contributed by atoms with E-state index in [0.717, 1.165) is 0 Å². The Hall–Kier alpha value is -2.43. The zero-order chi connectivity index (χ0) is 19.3. The van der Waals surface area contributed by atoms with Crippen molar-refractivity contribution < 1.29 is 38.8 Å². The molecule has 0 aromatic rings. The average Bonchev–Trinajstić information content (AvgIpc) is 2.92. The molecule has 2 aliphatic heterocycles. The topological polar surface area (TPSA) is 149 Å². The molecule has 1 amide bonds. The highest BCUT2D eigenvalue weighted by Gasteiger charge is 2.45. The Labute approximate surface area is 149 Å². The molecule has 0 spiro atoms.